The van der Waals surface area contributed by atoms with E-state index in [0.717, 1.165) is 38.4 Å². The van der Waals surface area contributed by atoms with Gasteiger partial charge in [0.25, 0.3) is 0 Å². The van der Waals surface area contributed by atoms with E-state index >= 15 is 0 Å². The molecule has 0 radical (unpaired) electrons. The van der Waals surface area contributed by atoms with Crippen LogP contribution >= 0.6 is 11.8 Å². The first-order valence-electron chi connectivity index (χ1n) is 9.47. The van der Waals surface area contributed by atoms with Gasteiger partial charge in [-0.05, 0) is 48.4 Å². The van der Waals surface area contributed by atoms with Gasteiger partial charge in [0.2, 0.25) is 5.91 Å². The van der Waals surface area contributed by atoms with Gasteiger partial charge in [0.15, 0.2) is 5.78 Å². The summed E-state index contributed by atoms with van der Waals surface area (Å²) in [5.74, 6) is -0.0340. The van der Waals surface area contributed by atoms with Crippen molar-refractivity contribution >= 4 is 35.2 Å². The molecule has 1 unspecified atom stereocenters. The number of aryl methyl sites for hydroxylation is 1. The van der Waals surface area contributed by atoms with Gasteiger partial charge in [0.05, 0.1) is 5.25 Å². The molecule has 0 spiro atoms. The van der Waals surface area contributed by atoms with E-state index in [0.29, 0.717) is 0 Å². The Kier molecular flexibility index (Phi) is 5.36. The third-order valence-corrected chi connectivity index (χ3v) is 6.20. The summed E-state index contributed by atoms with van der Waals surface area (Å²) >= 11 is 1.72. The third-order valence-electron chi connectivity index (χ3n) is 4.82. The van der Waals surface area contributed by atoms with E-state index in [1.165, 1.54) is 6.92 Å². The molecule has 1 aliphatic heterocycles. The minimum atomic E-state index is -0.105. The summed E-state index contributed by atoms with van der Waals surface area (Å²) in [7, 11) is 0. The van der Waals surface area contributed by atoms with Crippen molar-refractivity contribution in [2.24, 2.45) is 0 Å². The first-order chi connectivity index (χ1) is 14.0. The van der Waals surface area contributed by atoms with E-state index in [9.17, 15) is 9.59 Å². The number of fused-ring (bicyclic) bond motifs is 1. The SMILES string of the molecule is CC(=O)Nc1ccc(C=C2C(=O)c3cc(C)ccc3SC2c2ccccc2)cc1. The fraction of sp³-hybridized carbons (Fsp3) is 0.120. The highest BCUT2D eigenvalue weighted by molar-refractivity contribution is 8.00. The van der Waals surface area contributed by atoms with Crippen molar-refractivity contribution in [3.05, 3.63) is 101 Å². The van der Waals surface area contributed by atoms with Crippen LogP contribution in [0.15, 0.2) is 83.3 Å². The zero-order chi connectivity index (χ0) is 20.4. The van der Waals surface area contributed by atoms with Crippen LogP contribution in [-0.2, 0) is 4.79 Å². The van der Waals surface area contributed by atoms with Crippen molar-refractivity contribution < 1.29 is 9.59 Å². The number of nitrogens with one attached hydrogen (secondary N) is 1. The molecule has 1 heterocycles. The first-order valence-corrected chi connectivity index (χ1v) is 10.4. The van der Waals surface area contributed by atoms with Gasteiger partial charge in [-0.2, -0.15) is 0 Å². The number of Topliss-reactive ketones (excluding diaryl/α,β-unsaturated/α-hetero) is 1. The van der Waals surface area contributed by atoms with Gasteiger partial charge in [-0.25, -0.2) is 0 Å². The molecular weight excluding hydrogens is 378 g/mol. The lowest BCUT2D eigenvalue weighted by Crippen LogP contribution is -2.16. The maximum Gasteiger partial charge on any atom is 0.221 e. The van der Waals surface area contributed by atoms with Crippen molar-refractivity contribution in [3.8, 4) is 0 Å². The Balaban J connectivity index is 1.77. The zero-order valence-electron chi connectivity index (χ0n) is 16.3. The van der Waals surface area contributed by atoms with Gasteiger partial charge >= 0.3 is 0 Å². The Bertz CT molecular complexity index is 1100. The number of benzene rings is 3. The van der Waals surface area contributed by atoms with Gasteiger partial charge < -0.3 is 5.32 Å². The molecule has 4 rings (SSSR count). The van der Waals surface area contributed by atoms with Crippen LogP contribution in [0.5, 0.6) is 0 Å². The first kappa shape index (κ1) is 19.2. The molecule has 1 aliphatic rings. The Morgan fingerprint density at radius 3 is 2.41 bits per heavy atom. The maximum atomic E-state index is 13.4. The lowest BCUT2D eigenvalue weighted by molar-refractivity contribution is -0.114. The molecule has 3 aromatic rings. The summed E-state index contributed by atoms with van der Waals surface area (Å²) in [6.45, 7) is 3.49. The van der Waals surface area contributed by atoms with E-state index < -0.39 is 0 Å². The molecule has 0 saturated heterocycles. The van der Waals surface area contributed by atoms with Gasteiger partial charge in [0, 0.05) is 28.6 Å². The number of rotatable bonds is 3. The fourth-order valence-corrected chi connectivity index (χ4v) is 4.73. The van der Waals surface area contributed by atoms with Crippen molar-refractivity contribution in [2.45, 2.75) is 24.0 Å². The van der Waals surface area contributed by atoms with E-state index in [1.54, 1.807) is 11.8 Å². The summed E-state index contributed by atoms with van der Waals surface area (Å²) in [5.41, 5.74) is 5.40. The zero-order valence-corrected chi connectivity index (χ0v) is 17.1. The van der Waals surface area contributed by atoms with Gasteiger partial charge in [-0.1, -0.05) is 54.1 Å². The van der Waals surface area contributed by atoms with Crippen LogP contribution in [0, 0.1) is 6.92 Å². The highest BCUT2D eigenvalue weighted by atomic mass is 32.2. The van der Waals surface area contributed by atoms with Crippen molar-refractivity contribution in [3.63, 3.8) is 0 Å². The Labute approximate surface area is 174 Å². The standard InChI is InChI=1S/C25H21NO2S/c1-16-8-13-23-21(14-16)24(28)22(25(29-23)19-6-4-3-5-7-19)15-18-9-11-20(12-10-18)26-17(2)27/h3-15,25H,1-2H3,(H,26,27). The number of amides is 1. The number of carbonyl (C=O) groups excluding carboxylic acids is 2. The normalized spacial score (nSPS) is 17.1. The molecule has 0 aromatic heterocycles. The summed E-state index contributed by atoms with van der Waals surface area (Å²) in [5, 5.41) is 2.71. The second-order valence-corrected chi connectivity index (χ2v) is 8.29. The minimum Gasteiger partial charge on any atom is -0.326 e. The van der Waals surface area contributed by atoms with Crippen molar-refractivity contribution in [1.29, 1.82) is 0 Å². The summed E-state index contributed by atoms with van der Waals surface area (Å²) in [4.78, 5) is 25.7. The van der Waals surface area contributed by atoms with Crippen LogP contribution in [-0.4, -0.2) is 11.7 Å². The lowest BCUT2D eigenvalue weighted by Gasteiger charge is -2.27. The van der Waals surface area contributed by atoms with Gasteiger partial charge in [-0.3, -0.25) is 9.59 Å². The molecule has 1 amide bonds. The molecule has 0 bridgehead atoms. The molecule has 1 atom stereocenters. The summed E-state index contributed by atoms with van der Waals surface area (Å²) in [6.07, 6.45) is 1.97. The van der Waals surface area contributed by atoms with Gasteiger partial charge in [0.1, 0.15) is 0 Å². The van der Waals surface area contributed by atoms with Crippen LogP contribution in [0.25, 0.3) is 6.08 Å². The number of ketones is 1. The number of carbonyl (C=O) groups is 2. The molecule has 0 aliphatic carbocycles. The average molecular weight is 400 g/mol. The van der Waals surface area contributed by atoms with E-state index in [-0.39, 0.29) is 16.9 Å². The maximum absolute atomic E-state index is 13.4. The van der Waals surface area contributed by atoms with Gasteiger partial charge in [-0.15, -0.1) is 11.8 Å². The second kappa shape index (κ2) is 8.10. The molecule has 29 heavy (non-hydrogen) atoms. The molecule has 0 saturated carbocycles. The van der Waals surface area contributed by atoms with Crippen LogP contribution in [0.3, 0.4) is 0 Å². The molecule has 0 fully saturated rings. The third kappa shape index (κ3) is 4.17. The Hall–Kier alpha value is -3.11. The summed E-state index contributed by atoms with van der Waals surface area (Å²) < 4.78 is 0. The van der Waals surface area contributed by atoms with Crippen LogP contribution < -0.4 is 5.32 Å². The predicted molar refractivity (Wildman–Crippen MR) is 119 cm³/mol. The molecule has 3 aromatic carbocycles. The molecule has 1 N–H and O–H groups in total. The van der Waals surface area contributed by atoms with Crippen LogP contribution in [0.1, 0.15) is 39.2 Å². The largest absolute Gasteiger partial charge is 0.326 e. The Morgan fingerprint density at radius 2 is 1.72 bits per heavy atom. The van der Waals surface area contributed by atoms with E-state index in [4.69, 9.17) is 0 Å². The van der Waals surface area contributed by atoms with Crippen molar-refractivity contribution in [2.75, 3.05) is 5.32 Å². The number of hydrogen-bond donors (Lipinski definition) is 1. The number of anilines is 1. The quantitative estimate of drug-likeness (QED) is 0.544. The minimum absolute atomic E-state index is 0.0612. The highest BCUT2D eigenvalue weighted by Gasteiger charge is 2.32. The molecule has 4 heteroatoms. The fourth-order valence-electron chi connectivity index (χ4n) is 3.45. The van der Waals surface area contributed by atoms with Crippen molar-refractivity contribution in [1.82, 2.24) is 0 Å². The van der Waals surface area contributed by atoms with Crippen LogP contribution in [0.4, 0.5) is 5.69 Å². The second-order valence-electron chi connectivity index (χ2n) is 7.14. The van der Waals surface area contributed by atoms with E-state index in [1.807, 2.05) is 67.6 Å². The summed E-state index contributed by atoms with van der Waals surface area (Å²) in [6, 6.07) is 23.7. The molecule has 3 nitrogen and oxygen atoms in total. The molecular formula is C25H21NO2S. The van der Waals surface area contributed by atoms with E-state index in [2.05, 4.69) is 23.5 Å². The Morgan fingerprint density at radius 1 is 1.00 bits per heavy atom. The average Bonchev–Trinajstić information content (AvgIpc) is 2.72. The topological polar surface area (TPSA) is 46.2 Å². The monoisotopic (exact) mass is 399 g/mol. The predicted octanol–water partition coefficient (Wildman–Crippen LogP) is 6.07. The van der Waals surface area contributed by atoms with Crippen LogP contribution in [0.2, 0.25) is 0 Å². The number of thioether (sulfide) groups is 1. The smallest absolute Gasteiger partial charge is 0.221 e. The highest BCUT2D eigenvalue weighted by Crippen LogP contribution is 2.48. The number of hydrogen-bond acceptors (Lipinski definition) is 3. The molecule has 144 valence electrons. The lowest BCUT2D eigenvalue weighted by atomic mass is 9.93.